The molecule has 59 heavy (non-hydrogen) atoms. The zero-order chi connectivity index (χ0) is 39.5. The minimum atomic E-state index is -0.132. The molecule has 0 unspecified atom stereocenters. The van der Waals surface area contributed by atoms with Crippen LogP contribution >= 0.6 is 11.3 Å². The highest BCUT2D eigenvalue weighted by molar-refractivity contribution is 7.26. The predicted octanol–water partition coefficient (Wildman–Crippen LogP) is 16.5. The van der Waals surface area contributed by atoms with Gasteiger partial charge in [-0.1, -0.05) is 184 Å². The number of benzene rings is 9. The van der Waals surface area contributed by atoms with Crippen LogP contribution in [0.4, 0.5) is 17.1 Å². The molecular formula is C57H41NS. The first kappa shape index (κ1) is 35.2. The Morgan fingerprint density at radius 1 is 0.373 bits per heavy atom. The molecule has 0 aliphatic heterocycles. The summed E-state index contributed by atoms with van der Waals surface area (Å²) < 4.78 is 2.59. The van der Waals surface area contributed by atoms with Crippen molar-refractivity contribution in [3.63, 3.8) is 0 Å². The molecule has 1 heterocycles. The molecule has 280 valence electrons. The molecule has 1 aliphatic carbocycles. The van der Waals surface area contributed by atoms with Crippen LogP contribution < -0.4 is 4.90 Å². The van der Waals surface area contributed by atoms with Gasteiger partial charge in [-0.15, -0.1) is 11.3 Å². The van der Waals surface area contributed by atoms with Crippen LogP contribution in [-0.2, 0) is 5.41 Å². The number of thiophene rings is 1. The van der Waals surface area contributed by atoms with Crippen molar-refractivity contribution in [2.75, 3.05) is 4.90 Å². The fourth-order valence-corrected chi connectivity index (χ4v) is 10.4. The molecule has 1 aromatic heterocycles. The molecule has 11 rings (SSSR count). The van der Waals surface area contributed by atoms with Crippen molar-refractivity contribution in [3.8, 4) is 55.6 Å². The molecule has 0 spiro atoms. The lowest BCUT2D eigenvalue weighted by atomic mass is 9.82. The van der Waals surface area contributed by atoms with Gasteiger partial charge in [-0.2, -0.15) is 0 Å². The molecule has 0 N–H and O–H groups in total. The van der Waals surface area contributed by atoms with Crippen molar-refractivity contribution in [1.29, 1.82) is 0 Å². The first-order chi connectivity index (χ1) is 29.0. The maximum absolute atomic E-state index is 2.49. The number of nitrogens with zero attached hydrogens (tertiary/aromatic N) is 1. The third-order valence-electron chi connectivity index (χ3n) is 12.3. The zero-order valence-corrected chi connectivity index (χ0v) is 33.9. The lowest BCUT2D eigenvalue weighted by Crippen LogP contribution is -2.17. The van der Waals surface area contributed by atoms with E-state index in [1.807, 2.05) is 11.3 Å². The Morgan fingerprint density at radius 2 is 0.864 bits per heavy atom. The Hall–Kier alpha value is -7.00. The fraction of sp³-hybridized carbons (Fsp3) is 0.0526. The molecule has 0 amide bonds. The normalized spacial score (nSPS) is 12.7. The minimum absolute atomic E-state index is 0.132. The molecular weight excluding hydrogens is 731 g/mol. The highest BCUT2D eigenvalue weighted by Gasteiger charge is 2.36. The standard InChI is InChI=1S/C57H41NS/c1-57(2)50-19-11-9-17-47(50)48-34-33-46(37-51(48)57)58(45-31-29-43(30-32-45)42-23-21-40(22-24-42)38-13-5-3-6-14-38)52-35-36-54-56(49-18-10-12-20-53(49)59-54)55(52)44-27-25-41(26-28-44)39-15-7-4-8-16-39/h3-37H,1-2H3. The summed E-state index contributed by atoms with van der Waals surface area (Å²) in [7, 11) is 0. The van der Waals surface area contributed by atoms with Gasteiger partial charge in [0.1, 0.15) is 0 Å². The Kier molecular flexibility index (Phi) is 8.43. The van der Waals surface area contributed by atoms with Crippen molar-refractivity contribution >= 4 is 48.6 Å². The third kappa shape index (κ3) is 5.99. The van der Waals surface area contributed by atoms with E-state index in [2.05, 4.69) is 231 Å². The van der Waals surface area contributed by atoms with E-state index >= 15 is 0 Å². The summed E-state index contributed by atoms with van der Waals surface area (Å²) in [5.41, 5.74) is 18.4. The molecule has 0 saturated carbocycles. The maximum atomic E-state index is 2.49. The van der Waals surface area contributed by atoms with Crippen molar-refractivity contribution < 1.29 is 0 Å². The lowest BCUT2D eigenvalue weighted by Gasteiger charge is -2.30. The smallest absolute Gasteiger partial charge is 0.0547 e. The van der Waals surface area contributed by atoms with E-state index in [0.717, 1.165) is 17.1 Å². The summed E-state index contributed by atoms with van der Waals surface area (Å²) in [4.78, 5) is 2.49. The molecule has 0 fully saturated rings. The van der Waals surface area contributed by atoms with Gasteiger partial charge in [0, 0.05) is 42.5 Å². The van der Waals surface area contributed by atoms with Gasteiger partial charge in [-0.3, -0.25) is 0 Å². The number of fused-ring (bicyclic) bond motifs is 6. The second-order valence-electron chi connectivity index (χ2n) is 16.1. The first-order valence-corrected chi connectivity index (χ1v) is 21.2. The summed E-state index contributed by atoms with van der Waals surface area (Å²) >= 11 is 1.87. The summed E-state index contributed by atoms with van der Waals surface area (Å²) in [5.74, 6) is 0. The van der Waals surface area contributed by atoms with Gasteiger partial charge < -0.3 is 4.90 Å². The Morgan fingerprint density at radius 3 is 1.51 bits per heavy atom. The van der Waals surface area contributed by atoms with E-state index in [9.17, 15) is 0 Å². The lowest BCUT2D eigenvalue weighted by molar-refractivity contribution is 0.660. The van der Waals surface area contributed by atoms with Crippen LogP contribution in [0.15, 0.2) is 212 Å². The summed E-state index contributed by atoms with van der Waals surface area (Å²) in [6.07, 6.45) is 0. The van der Waals surface area contributed by atoms with E-state index in [-0.39, 0.29) is 5.41 Å². The van der Waals surface area contributed by atoms with Gasteiger partial charge in [0.05, 0.1) is 5.69 Å². The molecule has 1 nitrogen and oxygen atoms in total. The van der Waals surface area contributed by atoms with E-state index in [0.29, 0.717) is 0 Å². The Bertz CT molecular complexity index is 3140. The largest absolute Gasteiger partial charge is 0.310 e. The van der Waals surface area contributed by atoms with E-state index < -0.39 is 0 Å². The third-order valence-corrected chi connectivity index (χ3v) is 13.5. The molecule has 0 atom stereocenters. The molecule has 0 saturated heterocycles. The van der Waals surface area contributed by atoms with Crippen LogP contribution in [-0.4, -0.2) is 0 Å². The first-order valence-electron chi connectivity index (χ1n) is 20.4. The fourth-order valence-electron chi connectivity index (χ4n) is 9.29. The molecule has 0 bridgehead atoms. The second kappa shape index (κ2) is 14.1. The van der Waals surface area contributed by atoms with E-state index in [4.69, 9.17) is 0 Å². The van der Waals surface area contributed by atoms with Crippen LogP contribution in [0.25, 0.3) is 75.8 Å². The van der Waals surface area contributed by atoms with Crippen molar-refractivity contribution in [2.45, 2.75) is 19.3 Å². The molecule has 0 radical (unpaired) electrons. The number of hydrogen-bond acceptors (Lipinski definition) is 2. The molecule has 9 aromatic carbocycles. The highest BCUT2D eigenvalue weighted by Crippen LogP contribution is 2.53. The Labute approximate surface area is 350 Å². The predicted molar refractivity (Wildman–Crippen MR) is 253 cm³/mol. The average Bonchev–Trinajstić information content (AvgIpc) is 3.79. The molecule has 10 aromatic rings. The van der Waals surface area contributed by atoms with Gasteiger partial charge in [0.25, 0.3) is 0 Å². The van der Waals surface area contributed by atoms with Crippen LogP contribution in [0.1, 0.15) is 25.0 Å². The van der Waals surface area contributed by atoms with Crippen LogP contribution in [0.2, 0.25) is 0 Å². The summed E-state index contributed by atoms with van der Waals surface area (Å²) in [6.45, 7) is 4.74. The molecule has 2 heteroatoms. The number of anilines is 3. The Balaban J connectivity index is 1.11. The summed E-state index contributed by atoms with van der Waals surface area (Å²) in [5, 5.41) is 2.58. The zero-order valence-electron chi connectivity index (χ0n) is 33.1. The van der Waals surface area contributed by atoms with E-state index in [1.165, 1.54) is 86.9 Å². The van der Waals surface area contributed by atoms with Gasteiger partial charge in [0.2, 0.25) is 0 Å². The van der Waals surface area contributed by atoms with Crippen LogP contribution in [0.3, 0.4) is 0 Å². The second-order valence-corrected chi connectivity index (χ2v) is 17.2. The van der Waals surface area contributed by atoms with Crippen molar-refractivity contribution in [3.05, 3.63) is 223 Å². The minimum Gasteiger partial charge on any atom is -0.310 e. The quantitative estimate of drug-likeness (QED) is 0.156. The van der Waals surface area contributed by atoms with Gasteiger partial charge >= 0.3 is 0 Å². The van der Waals surface area contributed by atoms with Gasteiger partial charge in [-0.05, 0) is 104 Å². The monoisotopic (exact) mass is 771 g/mol. The average molecular weight is 772 g/mol. The molecule has 1 aliphatic rings. The van der Waals surface area contributed by atoms with Crippen LogP contribution in [0.5, 0.6) is 0 Å². The van der Waals surface area contributed by atoms with Gasteiger partial charge in [0.15, 0.2) is 0 Å². The van der Waals surface area contributed by atoms with Crippen molar-refractivity contribution in [2.24, 2.45) is 0 Å². The highest BCUT2D eigenvalue weighted by atomic mass is 32.1. The van der Waals surface area contributed by atoms with Crippen molar-refractivity contribution in [1.82, 2.24) is 0 Å². The maximum Gasteiger partial charge on any atom is 0.0547 e. The number of hydrogen-bond donors (Lipinski definition) is 0. The number of rotatable bonds is 7. The summed E-state index contributed by atoms with van der Waals surface area (Å²) in [6, 6.07) is 78.1. The van der Waals surface area contributed by atoms with Crippen LogP contribution in [0, 0.1) is 0 Å². The van der Waals surface area contributed by atoms with E-state index in [1.54, 1.807) is 0 Å². The SMILES string of the molecule is CC1(C)c2ccccc2-c2ccc(N(c3ccc(-c4ccc(-c5ccccc5)cc4)cc3)c3ccc4sc5ccccc5c4c3-c3ccc(-c4ccccc4)cc3)cc21. The topological polar surface area (TPSA) is 3.24 Å². The van der Waals surface area contributed by atoms with Gasteiger partial charge in [-0.25, -0.2) is 0 Å².